The minimum absolute atomic E-state index is 0.0132. The molecule has 3 N–H and O–H groups in total. The van der Waals surface area contributed by atoms with Crippen LogP contribution in [0.3, 0.4) is 0 Å². The summed E-state index contributed by atoms with van der Waals surface area (Å²) in [4.78, 5) is 13.7. The van der Waals surface area contributed by atoms with E-state index in [1.54, 1.807) is 6.92 Å². The quantitative estimate of drug-likeness (QED) is 0.497. The first-order valence-electron chi connectivity index (χ1n) is 5.05. The molecule has 1 aromatic rings. The minimum Gasteiger partial charge on any atom is -0.396 e. The van der Waals surface area contributed by atoms with Crippen molar-refractivity contribution < 1.29 is 20.2 Å². The van der Waals surface area contributed by atoms with E-state index >= 15 is 0 Å². The van der Waals surface area contributed by atoms with Gasteiger partial charge in [-0.3, -0.25) is 15.1 Å². The maximum atomic E-state index is 10.5. The van der Waals surface area contributed by atoms with Gasteiger partial charge in [0, 0.05) is 12.7 Å². The maximum absolute atomic E-state index is 10.5. The van der Waals surface area contributed by atoms with E-state index in [-0.39, 0.29) is 24.4 Å². The number of hydrogen-bond acceptors (Lipinski definition) is 6. The highest BCUT2D eigenvalue weighted by molar-refractivity contribution is 5.34. The summed E-state index contributed by atoms with van der Waals surface area (Å²) < 4.78 is 0. The zero-order chi connectivity index (χ0) is 13.0. The lowest BCUT2D eigenvalue weighted by atomic mass is 10.0. The van der Waals surface area contributed by atoms with Crippen LogP contribution in [0.4, 0.5) is 5.69 Å². The molecule has 7 heteroatoms. The largest absolute Gasteiger partial charge is 0.396 e. The fraction of sp³-hybridized carbons (Fsp3) is 0.500. The fourth-order valence-electron chi connectivity index (χ4n) is 1.45. The molecule has 2 unspecified atom stereocenters. The molecule has 94 valence electrons. The monoisotopic (exact) mass is 242 g/mol. The van der Waals surface area contributed by atoms with Crippen molar-refractivity contribution in [1.29, 1.82) is 0 Å². The highest BCUT2D eigenvalue weighted by Gasteiger charge is 2.22. The van der Waals surface area contributed by atoms with Crippen LogP contribution >= 0.6 is 0 Å². The number of nitrogens with zero attached hydrogens (tertiary/aromatic N) is 2. The summed E-state index contributed by atoms with van der Waals surface area (Å²) in [5.41, 5.74) is 0.426. The molecule has 0 saturated heterocycles. The third-order valence-corrected chi connectivity index (χ3v) is 2.38. The van der Waals surface area contributed by atoms with Crippen LogP contribution in [0.2, 0.25) is 0 Å². The summed E-state index contributed by atoms with van der Waals surface area (Å²) in [5.74, 6) is 0. The van der Waals surface area contributed by atoms with Crippen LogP contribution in [-0.4, -0.2) is 37.9 Å². The van der Waals surface area contributed by atoms with Crippen molar-refractivity contribution in [2.75, 3.05) is 6.61 Å². The molecule has 1 rings (SSSR count). The highest BCUT2D eigenvalue weighted by atomic mass is 16.6. The lowest BCUT2D eigenvalue weighted by molar-refractivity contribution is -0.385. The summed E-state index contributed by atoms with van der Waals surface area (Å²) >= 11 is 0. The van der Waals surface area contributed by atoms with Gasteiger partial charge in [0.2, 0.25) is 0 Å². The van der Waals surface area contributed by atoms with Gasteiger partial charge < -0.3 is 15.3 Å². The van der Waals surface area contributed by atoms with Gasteiger partial charge in [-0.25, -0.2) is 0 Å². The van der Waals surface area contributed by atoms with Crippen LogP contribution in [0, 0.1) is 17.0 Å². The van der Waals surface area contributed by atoms with Crippen molar-refractivity contribution >= 4 is 5.69 Å². The Morgan fingerprint density at radius 3 is 2.65 bits per heavy atom. The van der Waals surface area contributed by atoms with Gasteiger partial charge in [-0.15, -0.1) is 0 Å². The van der Waals surface area contributed by atoms with Crippen LogP contribution in [0.5, 0.6) is 0 Å². The van der Waals surface area contributed by atoms with Crippen molar-refractivity contribution in [3.63, 3.8) is 0 Å². The SMILES string of the molecule is Cc1cc([N+](=O)[O-])cnc1C(O)C(O)CCO. The van der Waals surface area contributed by atoms with E-state index < -0.39 is 17.1 Å². The summed E-state index contributed by atoms with van der Waals surface area (Å²) in [6, 6.07) is 1.28. The Kier molecular flexibility index (Phi) is 4.50. The third-order valence-electron chi connectivity index (χ3n) is 2.38. The molecule has 17 heavy (non-hydrogen) atoms. The normalized spacial score (nSPS) is 14.4. The summed E-state index contributed by atoms with van der Waals surface area (Å²) in [5, 5.41) is 38.4. The number of aromatic nitrogens is 1. The van der Waals surface area contributed by atoms with Crippen LogP contribution in [-0.2, 0) is 0 Å². The molecule has 0 aliphatic carbocycles. The summed E-state index contributed by atoms with van der Waals surface area (Å²) in [7, 11) is 0. The topological polar surface area (TPSA) is 117 Å². The Bertz CT molecular complexity index is 410. The predicted octanol–water partition coefficient (Wildman–Crippen LogP) is 0.0749. The van der Waals surface area contributed by atoms with Crippen LogP contribution < -0.4 is 0 Å². The number of rotatable bonds is 5. The standard InChI is InChI=1S/C10H14N2O5/c1-6-4-7(12(16)17)5-11-9(6)10(15)8(14)2-3-13/h4-5,8,10,13-15H,2-3H2,1H3. The summed E-state index contributed by atoms with van der Waals surface area (Å²) in [6.07, 6.45) is -1.37. The van der Waals surface area contributed by atoms with E-state index in [4.69, 9.17) is 5.11 Å². The second kappa shape index (κ2) is 5.67. The van der Waals surface area contributed by atoms with Gasteiger partial charge in [0.15, 0.2) is 0 Å². The molecule has 1 heterocycles. The molecule has 0 fully saturated rings. The molecule has 7 nitrogen and oxygen atoms in total. The molecule has 0 spiro atoms. The van der Waals surface area contributed by atoms with Gasteiger partial charge >= 0.3 is 0 Å². The summed E-state index contributed by atoms with van der Waals surface area (Å²) in [6.45, 7) is 1.30. The van der Waals surface area contributed by atoms with Crippen molar-refractivity contribution in [2.45, 2.75) is 25.6 Å². The molecule has 0 aliphatic rings. The van der Waals surface area contributed by atoms with Crippen LogP contribution in [0.25, 0.3) is 0 Å². The Hall–Kier alpha value is -1.57. The van der Waals surface area contributed by atoms with Crippen LogP contribution in [0.15, 0.2) is 12.3 Å². The van der Waals surface area contributed by atoms with Crippen LogP contribution in [0.1, 0.15) is 23.8 Å². The van der Waals surface area contributed by atoms with Crippen molar-refractivity contribution in [2.24, 2.45) is 0 Å². The fourth-order valence-corrected chi connectivity index (χ4v) is 1.45. The molecule has 1 aromatic heterocycles. The zero-order valence-electron chi connectivity index (χ0n) is 9.28. The number of pyridine rings is 1. The minimum atomic E-state index is -1.26. The second-order valence-corrected chi connectivity index (χ2v) is 3.68. The maximum Gasteiger partial charge on any atom is 0.287 e. The zero-order valence-corrected chi connectivity index (χ0v) is 9.28. The third kappa shape index (κ3) is 3.19. The first-order chi connectivity index (χ1) is 7.97. The van der Waals surface area contributed by atoms with Crippen molar-refractivity contribution in [1.82, 2.24) is 4.98 Å². The molecule has 0 radical (unpaired) electrons. The van der Waals surface area contributed by atoms with Crippen molar-refractivity contribution in [3.05, 3.63) is 33.6 Å². The molecular weight excluding hydrogens is 228 g/mol. The molecule has 0 aliphatic heterocycles. The highest BCUT2D eigenvalue weighted by Crippen LogP contribution is 2.23. The average Bonchev–Trinajstić information content (AvgIpc) is 2.28. The predicted molar refractivity (Wildman–Crippen MR) is 58.3 cm³/mol. The van der Waals surface area contributed by atoms with E-state index in [1.165, 1.54) is 6.07 Å². The number of aliphatic hydroxyl groups excluding tert-OH is 3. The van der Waals surface area contributed by atoms with E-state index in [9.17, 15) is 20.3 Å². The molecule has 0 amide bonds. The molecule has 0 saturated carbocycles. The van der Waals surface area contributed by atoms with Gasteiger partial charge in [0.05, 0.1) is 16.7 Å². The first-order valence-corrected chi connectivity index (χ1v) is 5.05. The van der Waals surface area contributed by atoms with Gasteiger partial charge in [0.1, 0.15) is 12.3 Å². The van der Waals surface area contributed by atoms with Gasteiger partial charge in [0.25, 0.3) is 5.69 Å². The van der Waals surface area contributed by atoms with Gasteiger partial charge in [-0.05, 0) is 18.9 Å². The smallest absolute Gasteiger partial charge is 0.287 e. The van der Waals surface area contributed by atoms with Crippen molar-refractivity contribution in [3.8, 4) is 0 Å². The Morgan fingerprint density at radius 2 is 2.18 bits per heavy atom. The van der Waals surface area contributed by atoms with Gasteiger partial charge in [-0.2, -0.15) is 0 Å². The molecule has 0 bridgehead atoms. The number of nitro groups is 1. The molecular formula is C10H14N2O5. The van der Waals surface area contributed by atoms with E-state index in [2.05, 4.69) is 4.98 Å². The van der Waals surface area contributed by atoms with E-state index in [0.29, 0.717) is 5.56 Å². The first kappa shape index (κ1) is 13.5. The average molecular weight is 242 g/mol. The number of hydrogen-bond donors (Lipinski definition) is 3. The molecule has 2 atom stereocenters. The lowest BCUT2D eigenvalue weighted by Crippen LogP contribution is -2.21. The Morgan fingerprint density at radius 1 is 1.53 bits per heavy atom. The number of aliphatic hydroxyl groups is 3. The van der Waals surface area contributed by atoms with E-state index in [1.807, 2.05) is 0 Å². The number of aryl methyl sites for hydroxylation is 1. The Balaban J connectivity index is 2.95. The lowest BCUT2D eigenvalue weighted by Gasteiger charge is -2.17. The Labute approximate surface area is 97.5 Å². The molecule has 0 aromatic carbocycles. The van der Waals surface area contributed by atoms with E-state index in [0.717, 1.165) is 6.20 Å². The second-order valence-electron chi connectivity index (χ2n) is 3.68. The van der Waals surface area contributed by atoms with Gasteiger partial charge in [-0.1, -0.05) is 0 Å².